The lowest BCUT2D eigenvalue weighted by molar-refractivity contribution is 0.318. The standard InChI is InChI=1S/C17H28ClNO/c1-5-10-17(11-6-2,13-19-7-3)15-12-14(18)8-9-16(15)20-4/h8-9,12,19H,5-7,10-11,13H2,1-4H3. The maximum absolute atomic E-state index is 6.24. The third-order valence-corrected chi connectivity index (χ3v) is 4.14. The highest BCUT2D eigenvalue weighted by Gasteiger charge is 2.33. The van der Waals surface area contributed by atoms with Crippen molar-refractivity contribution in [2.45, 2.75) is 51.9 Å². The predicted molar refractivity (Wildman–Crippen MR) is 88.0 cm³/mol. The first kappa shape index (κ1) is 17.3. The molecule has 1 rings (SSSR count). The van der Waals surface area contributed by atoms with Crippen molar-refractivity contribution in [2.24, 2.45) is 0 Å². The Kier molecular flexibility index (Phi) is 7.39. The molecule has 20 heavy (non-hydrogen) atoms. The van der Waals surface area contributed by atoms with E-state index >= 15 is 0 Å². The van der Waals surface area contributed by atoms with Crippen molar-refractivity contribution in [3.05, 3.63) is 28.8 Å². The number of ether oxygens (including phenoxy) is 1. The van der Waals surface area contributed by atoms with Crippen LogP contribution in [-0.4, -0.2) is 20.2 Å². The molecule has 0 bridgehead atoms. The summed E-state index contributed by atoms with van der Waals surface area (Å²) >= 11 is 6.24. The van der Waals surface area contributed by atoms with E-state index in [0.29, 0.717) is 0 Å². The Morgan fingerprint density at radius 2 is 1.80 bits per heavy atom. The first-order valence-electron chi connectivity index (χ1n) is 7.68. The van der Waals surface area contributed by atoms with Crippen molar-refractivity contribution in [1.82, 2.24) is 5.32 Å². The Labute approximate surface area is 128 Å². The monoisotopic (exact) mass is 297 g/mol. The molecule has 0 aliphatic carbocycles. The highest BCUT2D eigenvalue weighted by atomic mass is 35.5. The van der Waals surface area contributed by atoms with Crippen LogP contribution in [-0.2, 0) is 5.41 Å². The number of nitrogens with one attached hydrogen (secondary N) is 1. The smallest absolute Gasteiger partial charge is 0.122 e. The summed E-state index contributed by atoms with van der Waals surface area (Å²) in [5, 5.41) is 4.32. The van der Waals surface area contributed by atoms with E-state index in [1.807, 2.05) is 12.1 Å². The molecule has 1 aromatic rings. The van der Waals surface area contributed by atoms with Gasteiger partial charge in [-0.15, -0.1) is 0 Å². The Bertz CT molecular complexity index is 400. The largest absolute Gasteiger partial charge is 0.496 e. The minimum absolute atomic E-state index is 0.107. The Morgan fingerprint density at radius 3 is 2.30 bits per heavy atom. The lowest BCUT2D eigenvalue weighted by Gasteiger charge is -2.36. The van der Waals surface area contributed by atoms with Crippen LogP contribution in [0.1, 0.15) is 52.0 Å². The molecule has 0 amide bonds. The van der Waals surface area contributed by atoms with Crippen molar-refractivity contribution in [1.29, 1.82) is 0 Å². The van der Waals surface area contributed by atoms with Gasteiger partial charge in [0.15, 0.2) is 0 Å². The summed E-state index contributed by atoms with van der Waals surface area (Å²) in [6.45, 7) is 8.60. The molecule has 0 aromatic heterocycles. The summed E-state index contributed by atoms with van der Waals surface area (Å²) in [6, 6.07) is 5.98. The summed E-state index contributed by atoms with van der Waals surface area (Å²) in [7, 11) is 1.74. The van der Waals surface area contributed by atoms with Gasteiger partial charge in [-0.25, -0.2) is 0 Å². The normalized spacial score (nSPS) is 11.7. The van der Waals surface area contributed by atoms with Crippen LogP contribution in [0.5, 0.6) is 5.75 Å². The van der Waals surface area contributed by atoms with Crippen LogP contribution >= 0.6 is 11.6 Å². The van der Waals surface area contributed by atoms with Crippen molar-refractivity contribution in [2.75, 3.05) is 20.2 Å². The molecule has 114 valence electrons. The molecule has 1 aromatic carbocycles. The highest BCUT2D eigenvalue weighted by Crippen LogP contribution is 2.40. The van der Waals surface area contributed by atoms with Crippen LogP contribution < -0.4 is 10.1 Å². The van der Waals surface area contributed by atoms with Crippen LogP contribution in [0.4, 0.5) is 0 Å². The molecule has 0 aliphatic rings. The van der Waals surface area contributed by atoms with Gasteiger partial charge in [-0.05, 0) is 37.6 Å². The molecule has 0 radical (unpaired) electrons. The number of halogens is 1. The van der Waals surface area contributed by atoms with E-state index in [0.717, 1.165) is 49.5 Å². The number of likely N-dealkylation sites (N-methyl/N-ethyl adjacent to an activating group) is 1. The molecule has 0 heterocycles. The fourth-order valence-corrected chi connectivity index (χ4v) is 3.25. The molecule has 0 aliphatic heterocycles. The lowest BCUT2D eigenvalue weighted by Crippen LogP contribution is -2.38. The van der Waals surface area contributed by atoms with E-state index in [1.54, 1.807) is 7.11 Å². The summed E-state index contributed by atoms with van der Waals surface area (Å²) < 4.78 is 5.59. The number of hydrogen-bond acceptors (Lipinski definition) is 2. The highest BCUT2D eigenvalue weighted by molar-refractivity contribution is 6.30. The van der Waals surface area contributed by atoms with Gasteiger partial charge in [-0.1, -0.05) is 45.2 Å². The number of hydrogen-bond donors (Lipinski definition) is 1. The Hall–Kier alpha value is -0.730. The summed E-state index contributed by atoms with van der Waals surface area (Å²) in [4.78, 5) is 0. The van der Waals surface area contributed by atoms with E-state index in [4.69, 9.17) is 16.3 Å². The topological polar surface area (TPSA) is 21.3 Å². The van der Waals surface area contributed by atoms with Crippen LogP contribution in [0.25, 0.3) is 0 Å². The predicted octanol–water partition coefficient (Wildman–Crippen LogP) is 4.80. The van der Waals surface area contributed by atoms with E-state index in [9.17, 15) is 0 Å². The molecule has 0 saturated carbocycles. The maximum Gasteiger partial charge on any atom is 0.122 e. The van der Waals surface area contributed by atoms with Crippen molar-refractivity contribution in [3.8, 4) is 5.75 Å². The maximum atomic E-state index is 6.24. The lowest BCUT2D eigenvalue weighted by atomic mass is 9.73. The molecule has 0 spiro atoms. The number of methoxy groups -OCH3 is 1. The zero-order chi connectivity index (χ0) is 15.0. The van der Waals surface area contributed by atoms with Gasteiger partial charge in [0, 0.05) is 22.5 Å². The quantitative estimate of drug-likeness (QED) is 0.707. The van der Waals surface area contributed by atoms with Crippen molar-refractivity contribution < 1.29 is 4.74 Å². The molecule has 0 saturated heterocycles. The average molecular weight is 298 g/mol. The molecule has 0 atom stereocenters. The van der Waals surface area contributed by atoms with E-state index in [-0.39, 0.29) is 5.41 Å². The van der Waals surface area contributed by atoms with Gasteiger partial charge in [0.1, 0.15) is 5.75 Å². The van der Waals surface area contributed by atoms with E-state index in [1.165, 1.54) is 5.56 Å². The van der Waals surface area contributed by atoms with Gasteiger partial charge >= 0.3 is 0 Å². The first-order chi connectivity index (χ1) is 9.63. The van der Waals surface area contributed by atoms with Crippen LogP contribution in [0.3, 0.4) is 0 Å². The molecule has 0 fully saturated rings. The van der Waals surface area contributed by atoms with Gasteiger partial charge in [0.2, 0.25) is 0 Å². The molecule has 2 nitrogen and oxygen atoms in total. The van der Waals surface area contributed by atoms with Crippen LogP contribution in [0, 0.1) is 0 Å². The second-order valence-corrected chi connectivity index (χ2v) is 5.84. The molecular weight excluding hydrogens is 270 g/mol. The molecule has 3 heteroatoms. The minimum Gasteiger partial charge on any atom is -0.496 e. The number of rotatable bonds is 9. The second-order valence-electron chi connectivity index (χ2n) is 5.41. The van der Waals surface area contributed by atoms with E-state index < -0.39 is 0 Å². The minimum atomic E-state index is 0.107. The first-order valence-corrected chi connectivity index (χ1v) is 8.06. The Morgan fingerprint density at radius 1 is 1.15 bits per heavy atom. The average Bonchev–Trinajstić information content (AvgIpc) is 2.45. The van der Waals surface area contributed by atoms with Gasteiger partial charge in [0.05, 0.1) is 7.11 Å². The fraction of sp³-hybridized carbons (Fsp3) is 0.647. The number of benzene rings is 1. The fourth-order valence-electron chi connectivity index (χ4n) is 3.08. The molecule has 1 N–H and O–H groups in total. The summed E-state index contributed by atoms with van der Waals surface area (Å²) in [6.07, 6.45) is 4.59. The van der Waals surface area contributed by atoms with Crippen molar-refractivity contribution in [3.63, 3.8) is 0 Å². The van der Waals surface area contributed by atoms with Crippen LogP contribution in [0.2, 0.25) is 5.02 Å². The molecular formula is C17H28ClNO. The zero-order valence-electron chi connectivity index (χ0n) is 13.3. The zero-order valence-corrected chi connectivity index (χ0v) is 14.0. The third-order valence-electron chi connectivity index (χ3n) is 3.90. The SMILES string of the molecule is CCCC(CCC)(CNCC)c1cc(Cl)ccc1OC. The van der Waals surface area contributed by atoms with Crippen LogP contribution in [0.15, 0.2) is 18.2 Å². The summed E-state index contributed by atoms with van der Waals surface area (Å²) in [5.41, 5.74) is 1.35. The van der Waals surface area contributed by atoms with Gasteiger partial charge in [-0.3, -0.25) is 0 Å². The van der Waals surface area contributed by atoms with Crippen molar-refractivity contribution >= 4 is 11.6 Å². The van der Waals surface area contributed by atoms with Gasteiger partial charge in [0.25, 0.3) is 0 Å². The summed E-state index contributed by atoms with van der Waals surface area (Å²) in [5.74, 6) is 0.953. The van der Waals surface area contributed by atoms with E-state index in [2.05, 4.69) is 32.2 Å². The molecule has 0 unspecified atom stereocenters. The Balaban J connectivity index is 3.28. The van der Waals surface area contributed by atoms with Gasteiger partial charge in [-0.2, -0.15) is 0 Å². The van der Waals surface area contributed by atoms with Gasteiger partial charge < -0.3 is 10.1 Å². The third kappa shape index (κ3) is 4.13. The second kappa shape index (κ2) is 8.53.